The van der Waals surface area contributed by atoms with Crippen LogP contribution in [0.25, 0.3) is 17.0 Å². The summed E-state index contributed by atoms with van der Waals surface area (Å²) in [6.45, 7) is -0.508. The summed E-state index contributed by atoms with van der Waals surface area (Å²) >= 11 is 0. The Balaban J connectivity index is 1.62. The van der Waals surface area contributed by atoms with Crippen molar-refractivity contribution in [1.82, 2.24) is 10.3 Å². The summed E-state index contributed by atoms with van der Waals surface area (Å²) < 4.78 is 0. The van der Waals surface area contributed by atoms with E-state index in [0.717, 1.165) is 16.5 Å². The number of nitrogens with one attached hydrogen (secondary N) is 2. The molecule has 0 saturated carbocycles. The van der Waals surface area contributed by atoms with Crippen LogP contribution < -0.4 is 10.6 Å². The number of pyridine rings is 1. The SMILES string of the molecule is O=C(C=Cc1ccccc1)NC(CO)C(=O)Nc1ccc2ncccc2c1. The molecule has 6 nitrogen and oxygen atoms in total. The lowest BCUT2D eigenvalue weighted by Gasteiger charge is -2.15. The normalized spacial score (nSPS) is 12.0. The van der Waals surface area contributed by atoms with E-state index < -0.39 is 24.5 Å². The number of aliphatic hydroxyl groups is 1. The van der Waals surface area contributed by atoms with Crippen LogP contribution in [0.2, 0.25) is 0 Å². The number of fused-ring (bicyclic) bond motifs is 1. The Labute approximate surface area is 156 Å². The molecule has 0 fully saturated rings. The molecule has 0 radical (unpaired) electrons. The Morgan fingerprint density at radius 1 is 1.07 bits per heavy atom. The standard InChI is InChI=1S/C21H19N3O3/c25-14-19(24-20(26)11-8-15-5-2-1-3-6-15)21(27)23-17-9-10-18-16(13-17)7-4-12-22-18/h1-13,19,25H,14H2,(H,23,27)(H,24,26). The van der Waals surface area contributed by atoms with Crippen LogP contribution in [0.3, 0.4) is 0 Å². The van der Waals surface area contributed by atoms with Gasteiger partial charge >= 0.3 is 0 Å². The zero-order valence-electron chi connectivity index (χ0n) is 14.5. The minimum atomic E-state index is -1.05. The van der Waals surface area contributed by atoms with E-state index in [0.29, 0.717) is 5.69 Å². The highest BCUT2D eigenvalue weighted by Crippen LogP contribution is 2.17. The fourth-order valence-corrected chi connectivity index (χ4v) is 2.53. The van der Waals surface area contributed by atoms with Crippen molar-refractivity contribution in [2.45, 2.75) is 6.04 Å². The van der Waals surface area contributed by atoms with Crippen LogP contribution in [0.15, 0.2) is 72.9 Å². The third kappa shape index (κ3) is 4.99. The molecule has 0 spiro atoms. The monoisotopic (exact) mass is 361 g/mol. The van der Waals surface area contributed by atoms with E-state index in [1.54, 1.807) is 30.5 Å². The number of carbonyl (C=O) groups excluding carboxylic acids is 2. The van der Waals surface area contributed by atoms with Gasteiger partial charge in [0, 0.05) is 23.3 Å². The van der Waals surface area contributed by atoms with Crippen molar-refractivity contribution < 1.29 is 14.7 Å². The molecule has 136 valence electrons. The van der Waals surface area contributed by atoms with Gasteiger partial charge in [-0.25, -0.2) is 0 Å². The van der Waals surface area contributed by atoms with Crippen LogP contribution >= 0.6 is 0 Å². The van der Waals surface area contributed by atoms with Gasteiger partial charge in [0.1, 0.15) is 6.04 Å². The number of anilines is 1. The second kappa shape index (κ2) is 8.73. The number of hydrogen-bond donors (Lipinski definition) is 3. The predicted molar refractivity (Wildman–Crippen MR) is 105 cm³/mol. The van der Waals surface area contributed by atoms with E-state index in [4.69, 9.17) is 0 Å². The Bertz CT molecular complexity index is 971. The number of carbonyl (C=O) groups is 2. The number of amides is 2. The number of hydrogen-bond acceptors (Lipinski definition) is 4. The van der Waals surface area contributed by atoms with Crippen molar-refractivity contribution in [3.63, 3.8) is 0 Å². The molecule has 2 aromatic carbocycles. The Kier molecular flexibility index (Phi) is 5.91. The highest BCUT2D eigenvalue weighted by Gasteiger charge is 2.19. The molecule has 0 aliphatic rings. The fraction of sp³-hybridized carbons (Fsp3) is 0.0952. The maximum Gasteiger partial charge on any atom is 0.249 e. The van der Waals surface area contributed by atoms with Gasteiger partial charge in [0.15, 0.2) is 0 Å². The lowest BCUT2D eigenvalue weighted by Crippen LogP contribution is -2.45. The largest absolute Gasteiger partial charge is 0.394 e. The van der Waals surface area contributed by atoms with Gasteiger partial charge in [0.25, 0.3) is 0 Å². The molecule has 0 aliphatic carbocycles. The van der Waals surface area contributed by atoms with Gasteiger partial charge < -0.3 is 15.7 Å². The summed E-state index contributed by atoms with van der Waals surface area (Å²) in [6.07, 6.45) is 4.66. The van der Waals surface area contributed by atoms with Crippen molar-refractivity contribution in [2.75, 3.05) is 11.9 Å². The van der Waals surface area contributed by atoms with Gasteiger partial charge in [0.2, 0.25) is 11.8 Å². The van der Waals surface area contributed by atoms with Gasteiger partial charge in [0.05, 0.1) is 12.1 Å². The van der Waals surface area contributed by atoms with E-state index in [2.05, 4.69) is 15.6 Å². The molecule has 6 heteroatoms. The van der Waals surface area contributed by atoms with Crippen LogP contribution in [0.5, 0.6) is 0 Å². The van der Waals surface area contributed by atoms with Crippen LogP contribution in [0.4, 0.5) is 5.69 Å². The quantitative estimate of drug-likeness (QED) is 0.588. The molecule has 0 bridgehead atoms. The molecular formula is C21H19N3O3. The molecular weight excluding hydrogens is 342 g/mol. The maximum absolute atomic E-state index is 12.4. The van der Waals surface area contributed by atoms with Gasteiger partial charge in [-0.2, -0.15) is 0 Å². The molecule has 27 heavy (non-hydrogen) atoms. The van der Waals surface area contributed by atoms with Crippen LogP contribution in [0.1, 0.15) is 5.56 Å². The summed E-state index contributed by atoms with van der Waals surface area (Å²) in [4.78, 5) is 28.6. The van der Waals surface area contributed by atoms with E-state index in [9.17, 15) is 14.7 Å². The third-order valence-corrected chi connectivity index (χ3v) is 3.91. The molecule has 2 amide bonds. The van der Waals surface area contributed by atoms with Crippen molar-refractivity contribution in [2.24, 2.45) is 0 Å². The maximum atomic E-state index is 12.4. The molecule has 1 unspecified atom stereocenters. The van der Waals surface area contributed by atoms with E-state index >= 15 is 0 Å². The van der Waals surface area contributed by atoms with E-state index in [1.807, 2.05) is 42.5 Å². The summed E-state index contributed by atoms with van der Waals surface area (Å²) in [6, 6.07) is 17.3. The zero-order chi connectivity index (χ0) is 19.1. The number of aromatic nitrogens is 1. The Morgan fingerprint density at radius 2 is 1.89 bits per heavy atom. The van der Waals surface area contributed by atoms with E-state index in [1.165, 1.54) is 6.08 Å². The first-order valence-corrected chi connectivity index (χ1v) is 8.46. The van der Waals surface area contributed by atoms with Crippen molar-refractivity contribution in [3.8, 4) is 0 Å². The van der Waals surface area contributed by atoms with E-state index in [-0.39, 0.29) is 0 Å². The van der Waals surface area contributed by atoms with Gasteiger partial charge in [-0.05, 0) is 35.9 Å². The Hall–Kier alpha value is -3.51. The second-order valence-corrected chi connectivity index (χ2v) is 5.89. The van der Waals surface area contributed by atoms with Crippen LogP contribution in [0, 0.1) is 0 Å². The van der Waals surface area contributed by atoms with Crippen molar-refractivity contribution >= 4 is 34.5 Å². The zero-order valence-corrected chi connectivity index (χ0v) is 14.5. The number of benzene rings is 2. The minimum absolute atomic E-state index is 0.462. The lowest BCUT2D eigenvalue weighted by molar-refractivity contribution is -0.124. The highest BCUT2D eigenvalue weighted by molar-refractivity contribution is 6.01. The fourth-order valence-electron chi connectivity index (χ4n) is 2.53. The summed E-state index contributed by atoms with van der Waals surface area (Å²) in [5.74, 6) is -0.960. The summed E-state index contributed by atoms with van der Waals surface area (Å²) in [5, 5.41) is 15.5. The predicted octanol–water partition coefficient (Wildman–Crippen LogP) is 2.36. The Morgan fingerprint density at radius 3 is 2.67 bits per heavy atom. The molecule has 0 aliphatic heterocycles. The number of nitrogens with zero attached hydrogens (tertiary/aromatic N) is 1. The first-order valence-electron chi connectivity index (χ1n) is 8.46. The first-order chi connectivity index (χ1) is 13.2. The average Bonchev–Trinajstić information content (AvgIpc) is 2.71. The lowest BCUT2D eigenvalue weighted by atomic mass is 10.2. The average molecular weight is 361 g/mol. The molecule has 0 saturated heterocycles. The molecule has 3 aromatic rings. The van der Waals surface area contributed by atoms with Crippen LogP contribution in [-0.2, 0) is 9.59 Å². The summed E-state index contributed by atoms with van der Waals surface area (Å²) in [7, 11) is 0. The molecule has 3 N–H and O–H groups in total. The topological polar surface area (TPSA) is 91.3 Å². The second-order valence-electron chi connectivity index (χ2n) is 5.89. The molecule has 1 aromatic heterocycles. The summed E-state index contributed by atoms with van der Waals surface area (Å²) in [5.41, 5.74) is 2.24. The van der Waals surface area contributed by atoms with Gasteiger partial charge in [-0.1, -0.05) is 36.4 Å². The van der Waals surface area contributed by atoms with Crippen molar-refractivity contribution in [1.29, 1.82) is 0 Å². The highest BCUT2D eigenvalue weighted by atomic mass is 16.3. The smallest absolute Gasteiger partial charge is 0.249 e. The third-order valence-electron chi connectivity index (χ3n) is 3.91. The molecule has 3 rings (SSSR count). The van der Waals surface area contributed by atoms with Crippen molar-refractivity contribution in [3.05, 3.63) is 78.5 Å². The first kappa shape index (κ1) is 18.3. The van der Waals surface area contributed by atoms with Gasteiger partial charge in [-0.3, -0.25) is 14.6 Å². The molecule has 1 atom stereocenters. The molecule has 1 heterocycles. The van der Waals surface area contributed by atoms with Gasteiger partial charge in [-0.15, -0.1) is 0 Å². The number of aliphatic hydroxyl groups excluding tert-OH is 1. The minimum Gasteiger partial charge on any atom is -0.394 e. The number of rotatable bonds is 6. The van der Waals surface area contributed by atoms with Crippen LogP contribution in [-0.4, -0.2) is 34.6 Å².